The monoisotopic (exact) mass is 221 g/mol. The van der Waals surface area contributed by atoms with E-state index in [0.29, 0.717) is 0 Å². The second kappa shape index (κ2) is 6.69. The summed E-state index contributed by atoms with van der Waals surface area (Å²) in [6, 6.07) is 0.783. The maximum absolute atomic E-state index is 4.05. The number of aryl methyl sites for hydroxylation is 1. The molecule has 0 unspecified atom stereocenters. The molecule has 90 valence electrons. The number of nitrogens with zero attached hydrogens (tertiary/aromatic N) is 2. The Morgan fingerprint density at radius 1 is 1.19 bits per heavy atom. The average Bonchev–Trinajstić information content (AvgIpc) is 2.68. The van der Waals surface area contributed by atoms with Crippen LogP contribution in [0, 0.1) is 0 Å². The molecule has 1 aromatic heterocycles. The number of rotatable bonds is 5. The highest BCUT2D eigenvalue weighted by Crippen LogP contribution is 2.16. The van der Waals surface area contributed by atoms with Gasteiger partial charge < -0.3 is 9.88 Å². The summed E-state index contributed by atoms with van der Waals surface area (Å²) < 4.78 is 2.15. The second-order valence-electron chi connectivity index (χ2n) is 4.80. The molecule has 1 aliphatic rings. The second-order valence-corrected chi connectivity index (χ2v) is 4.80. The van der Waals surface area contributed by atoms with Gasteiger partial charge in [0.25, 0.3) is 0 Å². The van der Waals surface area contributed by atoms with Crippen molar-refractivity contribution in [1.29, 1.82) is 0 Å². The van der Waals surface area contributed by atoms with E-state index in [-0.39, 0.29) is 0 Å². The van der Waals surface area contributed by atoms with Crippen LogP contribution in [0.5, 0.6) is 0 Å². The van der Waals surface area contributed by atoms with E-state index in [1.807, 2.05) is 18.7 Å². The first-order chi connectivity index (χ1) is 7.95. The van der Waals surface area contributed by atoms with E-state index < -0.39 is 0 Å². The molecule has 0 saturated heterocycles. The molecule has 2 rings (SSSR count). The molecule has 1 heterocycles. The minimum Gasteiger partial charge on any atom is -0.337 e. The molecule has 1 N–H and O–H groups in total. The third-order valence-corrected chi connectivity index (χ3v) is 3.44. The summed E-state index contributed by atoms with van der Waals surface area (Å²) in [6.07, 6.45) is 15.4. The number of hydrogen-bond donors (Lipinski definition) is 1. The Bertz CT molecular complexity index is 261. The predicted octanol–water partition coefficient (Wildman–Crippen LogP) is 2.59. The largest absolute Gasteiger partial charge is 0.337 e. The van der Waals surface area contributed by atoms with Crippen molar-refractivity contribution in [3.63, 3.8) is 0 Å². The molecule has 0 atom stereocenters. The third-order valence-electron chi connectivity index (χ3n) is 3.44. The molecule has 1 aromatic rings. The Morgan fingerprint density at radius 3 is 2.69 bits per heavy atom. The van der Waals surface area contributed by atoms with Crippen LogP contribution in [0.15, 0.2) is 18.7 Å². The molecule has 16 heavy (non-hydrogen) atoms. The van der Waals surface area contributed by atoms with Gasteiger partial charge in [-0.05, 0) is 25.8 Å². The van der Waals surface area contributed by atoms with Crippen LogP contribution in [-0.2, 0) is 6.54 Å². The van der Waals surface area contributed by atoms with E-state index in [0.717, 1.165) is 19.1 Å². The predicted molar refractivity (Wildman–Crippen MR) is 66.3 cm³/mol. The van der Waals surface area contributed by atoms with Crippen molar-refractivity contribution >= 4 is 0 Å². The molecular weight excluding hydrogens is 198 g/mol. The van der Waals surface area contributed by atoms with Gasteiger partial charge in [-0.2, -0.15) is 0 Å². The first-order valence-electron chi connectivity index (χ1n) is 6.64. The highest BCUT2D eigenvalue weighted by Gasteiger charge is 2.10. The normalized spacial score (nSPS) is 18.5. The summed E-state index contributed by atoms with van der Waals surface area (Å²) in [7, 11) is 0. The number of aromatic nitrogens is 2. The lowest BCUT2D eigenvalue weighted by atomic mass is 10.1. The van der Waals surface area contributed by atoms with Crippen LogP contribution in [0.1, 0.15) is 44.9 Å². The van der Waals surface area contributed by atoms with Crippen molar-refractivity contribution in [1.82, 2.24) is 14.9 Å². The summed E-state index contributed by atoms with van der Waals surface area (Å²) in [4.78, 5) is 4.05. The Kier molecular flexibility index (Phi) is 4.87. The summed E-state index contributed by atoms with van der Waals surface area (Å²) in [5, 5.41) is 3.69. The van der Waals surface area contributed by atoms with Gasteiger partial charge in [0.15, 0.2) is 0 Å². The van der Waals surface area contributed by atoms with Crippen molar-refractivity contribution in [2.24, 2.45) is 0 Å². The van der Waals surface area contributed by atoms with Gasteiger partial charge >= 0.3 is 0 Å². The zero-order valence-corrected chi connectivity index (χ0v) is 10.1. The Hall–Kier alpha value is -0.830. The molecule has 1 saturated carbocycles. The number of imidazole rings is 1. The van der Waals surface area contributed by atoms with E-state index in [1.54, 1.807) is 0 Å². The third kappa shape index (κ3) is 3.97. The maximum atomic E-state index is 4.05. The van der Waals surface area contributed by atoms with Crippen molar-refractivity contribution in [3.8, 4) is 0 Å². The van der Waals surface area contributed by atoms with Crippen LogP contribution in [0.4, 0.5) is 0 Å². The van der Waals surface area contributed by atoms with E-state index in [1.165, 1.54) is 44.9 Å². The van der Waals surface area contributed by atoms with Crippen LogP contribution in [0.2, 0.25) is 0 Å². The molecule has 0 radical (unpaired) electrons. The molecule has 1 fully saturated rings. The van der Waals surface area contributed by atoms with Crippen LogP contribution >= 0.6 is 0 Å². The highest BCUT2D eigenvalue weighted by molar-refractivity contribution is 4.74. The standard InChI is InChI=1S/C13H23N3/c1-2-4-7-13(6-3-1)15-8-5-10-16-11-9-14-12-16/h9,11-13,15H,1-8,10H2. The molecule has 0 bridgehead atoms. The van der Waals surface area contributed by atoms with Gasteiger partial charge in [0.05, 0.1) is 6.33 Å². The van der Waals surface area contributed by atoms with Crippen molar-refractivity contribution in [3.05, 3.63) is 18.7 Å². The van der Waals surface area contributed by atoms with E-state index >= 15 is 0 Å². The van der Waals surface area contributed by atoms with Gasteiger partial charge in [-0.1, -0.05) is 25.7 Å². The van der Waals surface area contributed by atoms with Crippen LogP contribution in [0.3, 0.4) is 0 Å². The Morgan fingerprint density at radius 2 is 2.00 bits per heavy atom. The molecule has 3 heteroatoms. The minimum atomic E-state index is 0.783. The molecular formula is C13H23N3. The van der Waals surface area contributed by atoms with Crippen molar-refractivity contribution in [2.75, 3.05) is 6.54 Å². The summed E-state index contributed by atoms with van der Waals surface area (Å²) >= 11 is 0. The Labute approximate surface area is 98.3 Å². The summed E-state index contributed by atoms with van der Waals surface area (Å²) in [5.41, 5.74) is 0. The van der Waals surface area contributed by atoms with Gasteiger partial charge in [-0.25, -0.2) is 4.98 Å². The molecule has 3 nitrogen and oxygen atoms in total. The molecule has 1 aliphatic carbocycles. The zero-order valence-electron chi connectivity index (χ0n) is 10.1. The van der Waals surface area contributed by atoms with Gasteiger partial charge in [-0.15, -0.1) is 0 Å². The van der Waals surface area contributed by atoms with E-state index in [4.69, 9.17) is 0 Å². The lowest BCUT2D eigenvalue weighted by Crippen LogP contribution is -2.29. The average molecular weight is 221 g/mol. The fourth-order valence-corrected chi connectivity index (χ4v) is 2.47. The van der Waals surface area contributed by atoms with Crippen molar-refractivity contribution in [2.45, 2.75) is 57.5 Å². The highest BCUT2D eigenvalue weighted by atomic mass is 15.0. The van der Waals surface area contributed by atoms with Crippen LogP contribution in [-0.4, -0.2) is 22.1 Å². The van der Waals surface area contributed by atoms with Gasteiger partial charge in [0, 0.05) is 25.0 Å². The van der Waals surface area contributed by atoms with Gasteiger partial charge in [0.1, 0.15) is 0 Å². The fourth-order valence-electron chi connectivity index (χ4n) is 2.47. The van der Waals surface area contributed by atoms with Crippen LogP contribution in [0.25, 0.3) is 0 Å². The first-order valence-corrected chi connectivity index (χ1v) is 6.64. The zero-order chi connectivity index (χ0) is 11.1. The lowest BCUT2D eigenvalue weighted by molar-refractivity contribution is 0.446. The maximum Gasteiger partial charge on any atom is 0.0945 e. The molecule has 0 spiro atoms. The molecule has 0 amide bonds. The smallest absolute Gasteiger partial charge is 0.0945 e. The first kappa shape index (κ1) is 11.6. The summed E-state index contributed by atoms with van der Waals surface area (Å²) in [5.74, 6) is 0. The number of hydrogen-bond acceptors (Lipinski definition) is 2. The van der Waals surface area contributed by atoms with E-state index in [9.17, 15) is 0 Å². The van der Waals surface area contributed by atoms with E-state index in [2.05, 4.69) is 14.9 Å². The minimum absolute atomic E-state index is 0.783. The fraction of sp³-hybridized carbons (Fsp3) is 0.769. The van der Waals surface area contributed by atoms with Gasteiger partial charge in [0.2, 0.25) is 0 Å². The topological polar surface area (TPSA) is 29.9 Å². The quantitative estimate of drug-likeness (QED) is 0.612. The lowest BCUT2D eigenvalue weighted by Gasteiger charge is -2.15. The molecule has 0 aromatic carbocycles. The SMILES string of the molecule is c1cn(CCCNC2CCCCCC2)cn1. The van der Waals surface area contributed by atoms with Gasteiger partial charge in [-0.3, -0.25) is 0 Å². The Balaban J connectivity index is 1.56. The number of nitrogens with one attached hydrogen (secondary N) is 1. The summed E-state index contributed by atoms with van der Waals surface area (Å²) in [6.45, 7) is 2.22. The van der Waals surface area contributed by atoms with Crippen molar-refractivity contribution < 1.29 is 0 Å². The van der Waals surface area contributed by atoms with Crippen LogP contribution < -0.4 is 5.32 Å². The molecule has 0 aliphatic heterocycles.